The smallest absolute Gasteiger partial charge is 0.236 e. The second kappa shape index (κ2) is 8.53. The number of aromatic nitrogens is 1. The van der Waals surface area contributed by atoms with E-state index in [0.29, 0.717) is 13.1 Å². The summed E-state index contributed by atoms with van der Waals surface area (Å²) in [6.07, 6.45) is 1.80. The van der Waals surface area contributed by atoms with E-state index in [4.69, 9.17) is 0 Å². The van der Waals surface area contributed by atoms with Gasteiger partial charge >= 0.3 is 0 Å². The molecule has 0 saturated carbocycles. The molecule has 1 aromatic heterocycles. The number of carbonyl (C=O) groups is 1. The summed E-state index contributed by atoms with van der Waals surface area (Å²) in [6.45, 7) is 9.58. The van der Waals surface area contributed by atoms with Gasteiger partial charge in [-0.2, -0.15) is 0 Å². The molecule has 1 rings (SSSR count). The fourth-order valence-electron chi connectivity index (χ4n) is 2.12. The predicted molar refractivity (Wildman–Crippen MR) is 82.7 cm³/mol. The van der Waals surface area contributed by atoms with Crippen molar-refractivity contribution in [2.45, 2.75) is 27.3 Å². The second-order valence-electron chi connectivity index (χ2n) is 4.80. The van der Waals surface area contributed by atoms with Crippen LogP contribution in [-0.4, -0.2) is 53.9 Å². The molecule has 0 aliphatic heterocycles. The number of amides is 1. The summed E-state index contributed by atoms with van der Waals surface area (Å²) < 4.78 is 0. The van der Waals surface area contributed by atoms with Gasteiger partial charge in [0.25, 0.3) is 0 Å². The minimum Gasteiger partial charge on any atom is -0.385 e. The first-order valence-corrected chi connectivity index (χ1v) is 7.25. The van der Waals surface area contributed by atoms with Gasteiger partial charge in [0.2, 0.25) is 5.91 Å². The predicted octanol–water partition coefficient (Wildman–Crippen LogP) is 1.81. The van der Waals surface area contributed by atoms with E-state index in [1.54, 1.807) is 6.20 Å². The maximum Gasteiger partial charge on any atom is 0.236 e. The largest absolute Gasteiger partial charge is 0.385 e. The molecular formula is C15H26N4O. The van der Waals surface area contributed by atoms with Crippen LogP contribution in [0.15, 0.2) is 18.3 Å². The van der Waals surface area contributed by atoms with Crippen molar-refractivity contribution in [2.24, 2.45) is 0 Å². The zero-order valence-electron chi connectivity index (χ0n) is 13.0. The Bertz CT molecular complexity index is 418. The Kier molecular flexibility index (Phi) is 7.01. The van der Waals surface area contributed by atoms with Crippen LogP contribution in [0.1, 0.15) is 26.5 Å². The van der Waals surface area contributed by atoms with E-state index in [-0.39, 0.29) is 5.91 Å². The van der Waals surface area contributed by atoms with Crippen LogP contribution in [-0.2, 0) is 11.3 Å². The molecule has 0 aromatic carbocycles. The highest BCUT2D eigenvalue weighted by atomic mass is 16.2. The van der Waals surface area contributed by atoms with Crippen LogP contribution in [0.3, 0.4) is 0 Å². The molecule has 0 aliphatic rings. The summed E-state index contributed by atoms with van der Waals surface area (Å²) >= 11 is 0. The number of pyridine rings is 1. The number of nitrogens with zero attached hydrogens (tertiary/aromatic N) is 3. The first kappa shape index (κ1) is 16.4. The summed E-state index contributed by atoms with van der Waals surface area (Å²) in [5, 5.41) is 3.26. The molecule has 112 valence electrons. The van der Waals surface area contributed by atoms with Crippen LogP contribution in [0, 0.1) is 0 Å². The Morgan fingerprint density at radius 1 is 1.30 bits per heavy atom. The Hall–Kier alpha value is -1.62. The normalized spacial score (nSPS) is 10.7. The van der Waals surface area contributed by atoms with Gasteiger partial charge in [0.15, 0.2) is 0 Å². The quantitative estimate of drug-likeness (QED) is 0.788. The molecule has 1 N–H and O–H groups in total. The van der Waals surface area contributed by atoms with E-state index in [1.807, 2.05) is 42.8 Å². The van der Waals surface area contributed by atoms with Crippen LogP contribution in [0.5, 0.6) is 0 Å². The van der Waals surface area contributed by atoms with Gasteiger partial charge < -0.3 is 10.2 Å². The summed E-state index contributed by atoms with van der Waals surface area (Å²) in [5.74, 6) is 0.167. The van der Waals surface area contributed by atoms with Crippen LogP contribution in [0.2, 0.25) is 0 Å². The number of likely N-dealkylation sites (N-methyl/N-ethyl adjacent to an activating group) is 2. The van der Waals surface area contributed by atoms with Gasteiger partial charge in [-0.15, -0.1) is 0 Å². The molecule has 1 heterocycles. The van der Waals surface area contributed by atoms with Crippen molar-refractivity contribution < 1.29 is 4.79 Å². The highest BCUT2D eigenvalue weighted by molar-refractivity contribution is 5.78. The van der Waals surface area contributed by atoms with Crippen molar-refractivity contribution >= 4 is 11.6 Å². The topological polar surface area (TPSA) is 48.5 Å². The van der Waals surface area contributed by atoms with Gasteiger partial charge in [0.05, 0.1) is 12.2 Å². The molecule has 5 heteroatoms. The van der Waals surface area contributed by atoms with Crippen LogP contribution in [0.4, 0.5) is 5.69 Å². The SMILES string of the molecule is CCNc1ccnc(CN(C)CC(=O)N(CC)CC)c1. The monoisotopic (exact) mass is 278 g/mol. The first-order valence-electron chi connectivity index (χ1n) is 7.25. The minimum absolute atomic E-state index is 0.167. The van der Waals surface area contributed by atoms with Crippen molar-refractivity contribution in [2.75, 3.05) is 38.5 Å². The third kappa shape index (κ3) is 5.17. The number of rotatable bonds is 8. The maximum absolute atomic E-state index is 12.0. The van der Waals surface area contributed by atoms with E-state index in [2.05, 4.69) is 17.2 Å². The average molecular weight is 278 g/mol. The van der Waals surface area contributed by atoms with Crippen molar-refractivity contribution in [1.82, 2.24) is 14.8 Å². The Morgan fingerprint density at radius 2 is 2.00 bits per heavy atom. The number of hydrogen-bond donors (Lipinski definition) is 1. The minimum atomic E-state index is 0.167. The number of nitrogens with one attached hydrogen (secondary N) is 1. The molecule has 0 radical (unpaired) electrons. The molecule has 1 amide bonds. The van der Waals surface area contributed by atoms with E-state index < -0.39 is 0 Å². The highest BCUT2D eigenvalue weighted by Crippen LogP contribution is 2.09. The van der Waals surface area contributed by atoms with Gasteiger partial charge in [-0.25, -0.2) is 0 Å². The van der Waals surface area contributed by atoms with Gasteiger partial charge in [-0.1, -0.05) is 0 Å². The van der Waals surface area contributed by atoms with Crippen LogP contribution in [0.25, 0.3) is 0 Å². The maximum atomic E-state index is 12.0. The lowest BCUT2D eigenvalue weighted by Gasteiger charge is -2.22. The second-order valence-corrected chi connectivity index (χ2v) is 4.80. The highest BCUT2D eigenvalue weighted by Gasteiger charge is 2.12. The van der Waals surface area contributed by atoms with Gasteiger partial charge in [-0.05, 0) is 40.0 Å². The number of hydrogen-bond acceptors (Lipinski definition) is 4. The van der Waals surface area contributed by atoms with Crippen molar-refractivity contribution in [3.05, 3.63) is 24.0 Å². The third-order valence-corrected chi connectivity index (χ3v) is 3.15. The van der Waals surface area contributed by atoms with Crippen molar-refractivity contribution in [3.8, 4) is 0 Å². The van der Waals surface area contributed by atoms with Crippen LogP contribution >= 0.6 is 0 Å². The lowest BCUT2D eigenvalue weighted by atomic mass is 10.3. The van der Waals surface area contributed by atoms with Gasteiger partial charge in [-0.3, -0.25) is 14.7 Å². The van der Waals surface area contributed by atoms with E-state index in [9.17, 15) is 4.79 Å². The molecule has 0 saturated heterocycles. The fourth-order valence-corrected chi connectivity index (χ4v) is 2.12. The molecule has 0 unspecified atom stereocenters. The molecule has 0 spiro atoms. The first-order chi connectivity index (χ1) is 9.60. The molecule has 5 nitrogen and oxygen atoms in total. The summed E-state index contributed by atoms with van der Waals surface area (Å²) in [5.41, 5.74) is 2.04. The van der Waals surface area contributed by atoms with E-state index in [1.165, 1.54) is 0 Å². The molecular weight excluding hydrogens is 252 g/mol. The third-order valence-electron chi connectivity index (χ3n) is 3.15. The lowest BCUT2D eigenvalue weighted by molar-refractivity contribution is -0.131. The Labute approximate surface area is 122 Å². The number of carbonyl (C=O) groups excluding carboxylic acids is 1. The van der Waals surface area contributed by atoms with Gasteiger partial charge in [0.1, 0.15) is 0 Å². The van der Waals surface area contributed by atoms with E-state index in [0.717, 1.165) is 31.0 Å². The summed E-state index contributed by atoms with van der Waals surface area (Å²) in [4.78, 5) is 20.2. The molecule has 0 fully saturated rings. The van der Waals surface area contributed by atoms with Crippen molar-refractivity contribution in [1.29, 1.82) is 0 Å². The van der Waals surface area contributed by atoms with E-state index >= 15 is 0 Å². The Morgan fingerprint density at radius 3 is 2.60 bits per heavy atom. The molecule has 0 atom stereocenters. The number of anilines is 1. The molecule has 20 heavy (non-hydrogen) atoms. The summed E-state index contributed by atoms with van der Waals surface area (Å²) in [6, 6.07) is 3.98. The lowest BCUT2D eigenvalue weighted by Crippen LogP contribution is -2.38. The zero-order chi connectivity index (χ0) is 15.0. The standard InChI is InChI=1S/C15H26N4O/c1-5-16-13-8-9-17-14(10-13)11-18(4)12-15(20)19(6-2)7-3/h8-10H,5-7,11-12H2,1-4H3,(H,16,17). The fraction of sp³-hybridized carbons (Fsp3) is 0.600. The molecule has 0 aliphatic carbocycles. The van der Waals surface area contributed by atoms with Crippen molar-refractivity contribution in [3.63, 3.8) is 0 Å². The summed E-state index contributed by atoms with van der Waals surface area (Å²) in [7, 11) is 1.95. The molecule has 1 aromatic rings. The van der Waals surface area contributed by atoms with Gasteiger partial charge in [0, 0.05) is 38.1 Å². The Balaban J connectivity index is 2.55. The average Bonchev–Trinajstić information content (AvgIpc) is 2.40. The van der Waals surface area contributed by atoms with Crippen LogP contribution < -0.4 is 5.32 Å². The zero-order valence-corrected chi connectivity index (χ0v) is 13.0. The molecule has 0 bridgehead atoms.